The Kier molecular flexibility index (Phi) is 14.6. The second kappa shape index (κ2) is 20.4. The Morgan fingerprint density at radius 2 is 1.02 bits per heavy atom. The van der Waals surface area contributed by atoms with Gasteiger partial charge in [0.05, 0.1) is 50.4 Å². The lowest BCUT2D eigenvalue weighted by molar-refractivity contribution is -0.251. The zero-order chi connectivity index (χ0) is 36.8. The van der Waals surface area contributed by atoms with E-state index in [4.69, 9.17) is 18.9 Å². The average molecular weight is 767 g/mol. The summed E-state index contributed by atoms with van der Waals surface area (Å²) in [6.45, 7) is 1.66. The van der Waals surface area contributed by atoms with Gasteiger partial charge in [-0.2, -0.15) is 23.5 Å². The summed E-state index contributed by atoms with van der Waals surface area (Å²) in [5, 5.41) is 25.2. The highest BCUT2D eigenvalue weighted by Crippen LogP contribution is 2.33. The van der Waals surface area contributed by atoms with Crippen LogP contribution in [0.3, 0.4) is 0 Å². The van der Waals surface area contributed by atoms with Gasteiger partial charge in [0.2, 0.25) is 0 Å². The second-order valence-corrected chi connectivity index (χ2v) is 16.1. The molecule has 2 fully saturated rings. The van der Waals surface area contributed by atoms with Crippen molar-refractivity contribution in [2.45, 2.75) is 82.0 Å². The minimum atomic E-state index is -1.01. The Labute approximate surface area is 327 Å². The van der Waals surface area contributed by atoms with Gasteiger partial charge in [-0.3, -0.25) is 0 Å². The lowest BCUT2D eigenvalue weighted by atomic mass is 9.82. The quantitative estimate of drug-likeness (QED) is 0.111. The van der Waals surface area contributed by atoms with Crippen LogP contribution in [-0.2, 0) is 51.9 Å². The van der Waals surface area contributed by atoms with Gasteiger partial charge in [0.1, 0.15) is 30.5 Å². The normalized spacial score (nSPS) is 23.8. The van der Waals surface area contributed by atoms with Gasteiger partial charge in [-0.15, -0.1) is 5.10 Å². The zero-order valence-electron chi connectivity index (χ0n) is 30.5. The van der Waals surface area contributed by atoms with Crippen molar-refractivity contribution in [2.75, 3.05) is 23.0 Å². The van der Waals surface area contributed by atoms with Crippen LogP contribution in [0.1, 0.15) is 40.4 Å². The first kappa shape index (κ1) is 38.7. The van der Waals surface area contributed by atoms with Gasteiger partial charge >= 0.3 is 0 Å². The molecule has 1 saturated carbocycles. The van der Waals surface area contributed by atoms with Crippen LogP contribution >= 0.6 is 23.5 Å². The number of aliphatic hydroxyl groups is 1. The predicted molar refractivity (Wildman–Crippen MR) is 215 cm³/mol. The topological polar surface area (TPSA) is 99.9 Å². The number of nitrogens with zero attached hydrogens (tertiary/aromatic N) is 3. The summed E-state index contributed by atoms with van der Waals surface area (Å²) in [4.78, 5) is 0. The van der Waals surface area contributed by atoms with Crippen molar-refractivity contribution in [3.8, 4) is 0 Å². The van der Waals surface area contributed by atoms with Gasteiger partial charge in [-0.25, -0.2) is 4.68 Å². The molecule has 6 atom stereocenters. The third-order valence-electron chi connectivity index (χ3n) is 9.82. The number of aromatic nitrogens is 3. The molecule has 7 rings (SSSR count). The van der Waals surface area contributed by atoms with Crippen molar-refractivity contribution in [1.82, 2.24) is 20.3 Å². The Balaban J connectivity index is 1.19. The van der Waals surface area contributed by atoms with E-state index in [-0.39, 0.29) is 6.04 Å². The molecular formula is C43H50N4O5S2. The number of nitrogens with one attached hydrogen (secondary N) is 1. The highest BCUT2D eigenvalue weighted by molar-refractivity contribution is 8.00. The fraction of sp³-hybridized carbons (Fsp3) is 0.395. The summed E-state index contributed by atoms with van der Waals surface area (Å²) in [6.07, 6.45) is -0.372. The SMILES string of the molecule is O[C@@H]1[C@@H](NCc2cn(C3CSCCCSC3)nn2)[C@H](OCc2ccccc2)[C@@H](OCc2ccccc2)[C@H](OCc2ccccc2)[C@H]1OCc1ccccc1. The molecule has 2 N–H and O–H groups in total. The van der Waals surface area contributed by atoms with Crippen LogP contribution in [0.4, 0.5) is 0 Å². The van der Waals surface area contributed by atoms with Crippen LogP contribution in [0, 0.1) is 0 Å². The van der Waals surface area contributed by atoms with Crippen molar-refractivity contribution in [2.24, 2.45) is 0 Å². The standard InChI is InChI=1S/C43H50N4O5S2/c48-39-38(44-24-36-25-47(46-45-36)37-30-53-22-13-23-54-31-37)40(49-26-32-14-5-1-6-15-32)42(51-28-34-18-9-3-10-19-34)43(52-29-35-20-11-4-12-21-35)41(39)50-27-33-16-7-2-8-17-33/h1-12,14-21,25,37-44,48H,13,22-24,26-31H2/t38-,39-,40+,41+,42-,43-/m1/s1. The second-order valence-electron chi connectivity index (χ2n) is 13.8. The van der Waals surface area contributed by atoms with E-state index in [0.29, 0.717) is 33.0 Å². The van der Waals surface area contributed by atoms with Crippen LogP contribution < -0.4 is 5.32 Å². The fourth-order valence-corrected chi connectivity index (χ4v) is 9.39. The van der Waals surface area contributed by atoms with Crippen molar-refractivity contribution in [1.29, 1.82) is 0 Å². The summed E-state index contributed by atoms with van der Waals surface area (Å²) < 4.78 is 29.2. The minimum Gasteiger partial charge on any atom is -0.389 e. The fourth-order valence-electron chi connectivity index (χ4n) is 6.94. The third-order valence-corrected chi connectivity index (χ3v) is 12.2. The molecule has 1 aliphatic carbocycles. The van der Waals surface area contributed by atoms with E-state index >= 15 is 0 Å². The number of ether oxygens (including phenoxy) is 4. The van der Waals surface area contributed by atoms with Gasteiger partial charge in [0, 0.05) is 18.1 Å². The van der Waals surface area contributed by atoms with Gasteiger partial charge in [0.25, 0.3) is 0 Å². The van der Waals surface area contributed by atoms with Crippen molar-refractivity contribution < 1.29 is 24.1 Å². The van der Waals surface area contributed by atoms with Crippen molar-refractivity contribution in [3.63, 3.8) is 0 Å². The first-order chi connectivity index (χ1) is 26.7. The van der Waals surface area contributed by atoms with E-state index < -0.39 is 36.6 Å². The van der Waals surface area contributed by atoms with E-state index in [2.05, 4.69) is 15.6 Å². The van der Waals surface area contributed by atoms with Gasteiger partial charge in [-0.05, 0) is 40.2 Å². The summed E-state index contributed by atoms with van der Waals surface area (Å²) >= 11 is 3.97. The predicted octanol–water partition coefficient (Wildman–Crippen LogP) is 6.86. The molecule has 54 heavy (non-hydrogen) atoms. The van der Waals surface area contributed by atoms with E-state index in [1.807, 2.05) is 156 Å². The summed E-state index contributed by atoms with van der Waals surface area (Å²) in [7, 11) is 0. The maximum atomic E-state index is 12.4. The van der Waals surface area contributed by atoms with Gasteiger partial charge in [-0.1, -0.05) is 127 Å². The van der Waals surface area contributed by atoms with Crippen LogP contribution in [0.5, 0.6) is 0 Å². The molecule has 0 spiro atoms. The molecule has 9 nitrogen and oxygen atoms in total. The monoisotopic (exact) mass is 766 g/mol. The van der Waals surface area contributed by atoms with E-state index in [9.17, 15) is 5.11 Å². The average Bonchev–Trinajstić information content (AvgIpc) is 3.68. The smallest absolute Gasteiger partial charge is 0.115 e. The molecule has 2 aliphatic rings. The first-order valence-electron chi connectivity index (χ1n) is 18.8. The molecule has 2 heterocycles. The number of hydrogen-bond donors (Lipinski definition) is 2. The summed E-state index contributed by atoms with van der Waals surface area (Å²) in [5.74, 6) is 4.39. The number of hydrogen-bond acceptors (Lipinski definition) is 10. The molecule has 11 heteroatoms. The molecule has 284 valence electrons. The van der Waals surface area contributed by atoms with E-state index in [0.717, 1.165) is 39.5 Å². The lowest BCUT2D eigenvalue weighted by Gasteiger charge is -2.49. The minimum absolute atomic E-state index is 0.290. The highest BCUT2D eigenvalue weighted by atomic mass is 32.2. The number of rotatable bonds is 16. The summed E-state index contributed by atoms with van der Waals surface area (Å²) in [5.41, 5.74) is 4.87. The van der Waals surface area contributed by atoms with Crippen LogP contribution in [-0.4, -0.2) is 79.7 Å². The molecule has 1 saturated heterocycles. The zero-order valence-corrected chi connectivity index (χ0v) is 32.1. The highest BCUT2D eigenvalue weighted by Gasteiger charge is 2.53. The van der Waals surface area contributed by atoms with Crippen LogP contribution in [0.15, 0.2) is 128 Å². The van der Waals surface area contributed by atoms with Crippen LogP contribution in [0.2, 0.25) is 0 Å². The largest absolute Gasteiger partial charge is 0.389 e. The maximum absolute atomic E-state index is 12.4. The molecule has 5 aromatic rings. The molecule has 0 bridgehead atoms. The van der Waals surface area contributed by atoms with Crippen molar-refractivity contribution >= 4 is 23.5 Å². The maximum Gasteiger partial charge on any atom is 0.115 e. The molecule has 0 amide bonds. The number of benzene rings is 4. The molecule has 1 aromatic heterocycles. The van der Waals surface area contributed by atoms with Gasteiger partial charge in [0.15, 0.2) is 0 Å². The van der Waals surface area contributed by atoms with E-state index in [1.54, 1.807) is 0 Å². The number of thioether (sulfide) groups is 2. The molecule has 1 aliphatic heterocycles. The molecular weight excluding hydrogens is 717 g/mol. The Morgan fingerprint density at radius 1 is 0.593 bits per heavy atom. The van der Waals surface area contributed by atoms with E-state index in [1.165, 1.54) is 17.9 Å². The van der Waals surface area contributed by atoms with Crippen LogP contribution in [0.25, 0.3) is 0 Å². The molecule has 0 radical (unpaired) electrons. The lowest BCUT2D eigenvalue weighted by Crippen LogP contribution is -2.69. The first-order valence-corrected chi connectivity index (χ1v) is 21.1. The molecule has 0 unspecified atom stereocenters. The number of aliphatic hydroxyl groups excluding tert-OH is 1. The summed E-state index contributed by atoms with van der Waals surface area (Å²) in [6, 6.07) is 40.0. The molecule has 4 aromatic carbocycles. The van der Waals surface area contributed by atoms with Gasteiger partial charge < -0.3 is 29.4 Å². The van der Waals surface area contributed by atoms with Crippen molar-refractivity contribution in [3.05, 3.63) is 155 Å². The third kappa shape index (κ3) is 10.8. The Morgan fingerprint density at radius 3 is 1.50 bits per heavy atom. The Bertz CT molecular complexity index is 1780. The Hall–Kier alpha value is -3.52.